The van der Waals surface area contributed by atoms with Gasteiger partial charge in [-0.2, -0.15) is 0 Å². The number of aliphatic carboxylic acids is 1. The summed E-state index contributed by atoms with van der Waals surface area (Å²) in [6.45, 7) is 2.44. The van der Waals surface area contributed by atoms with E-state index >= 15 is 0 Å². The van der Waals surface area contributed by atoms with Gasteiger partial charge in [0.25, 0.3) is 0 Å². The van der Waals surface area contributed by atoms with E-state index in [4.69, 9.17) is 0 Å². The van der Waals surface area contributed by atoms with Gasteiger partial charge < -0.3 is 10.0 Å². The third kappa shape index (κ3) is 3.32. The Balaban J connectivity index is 3.10. The number of benzene rings is 1. The number of carboxylic acid groups (broad SMARTS) is 1. The van der Waals surface area contributed by atoms with Gasteiger partial charge in [0.05, 0.1) is 5.92 Å². The highest BCUT2D eigenvalue weighted by atomic mass is 79.9. The zero-order valence-corrected chi connectivity index (χ0v) is 11.3. The highest BCUT2D eigenvalue weighted by Crippen LogP contribution is 2.24. The molecule has 1 unspecified atom stereocenters. The number of carboxylic acids is 1. The number of hydrogen-bond donors (Lipinski definition) is 1. The quantitative estimate of drug-likeness (QED) is 0.924. The molecule has 0 aromatic heterocycles. The van der Waals surface area contributed by atoms with Crippen LogP contribution in [0.4, 0.5) is 0 Å². The smallest absolute Gasteiger partial charge is 0.312 e. The molecule has 0 aliphatic carbocycles. The van der Waals surface area contributed by atoms with Crippen LogP contribution in [0.25, 0.3) is 0 Å². The lowest BCUT2D eigenvalue weighted by Gasteiger charge is -2.19. The van der Waals surface area contributed by atoms with Crippen molar-refractivity contribution in [1.82, 2.24) is 4.90 Å². The Labute approximate surface area is 104 Å². The number of hydrogen-bond acceptors (Lipinski definition) is 2. The molecular weight excluding hydrogens is 270 g/mol. The molecule has 4 heteroatoms. The molecule has 0 heterocycles. The van der Waals surface area contributed by atoms with E-state index in [2.05, 4.69) is 15.9 Å². The average molecular weight is 286 g/mol. The van der Waals surface area contributed by atoms with E-state index in [0.717, 1.165) is 15.6 Å². The third-order valence-electron chi connectivity index (χ3n) is 2.46. The normalized spacial score (nSPS) is 12.8. The Morgan fingerprint density at radius 1 is 1.50 bits per heavy atom. The van der Waals surface area contributed by atoms with Gasteiger partial charge >= 0.3 is 5.97 Å². The SMILES string of the molecule is Cc1ccc(Br)cc1C(CN(C)C)C(=O)O. The Kier molecular flexibility index (Phi) is 4.50. The van der Waals surface area contributed by atoms with Crippen LogP contribution in [0.3, 0.4) is 0 Å². The average Bonchev–Trinajstić information content (AvgIpc) is 2.18. The van der Waals surface area contributed by atoms with Gasteiger partial charge in [-0.1, -0.05) is 22.0 Å². The number of aryl methyl sites for hydroxylation is 1. The van der Waals surface area contributed by atoms with Gasteiger partial charge in [0, 0.05) is 11.0 Å². The predicted molar refractivity (Wildman–Crippen MR) is 67.8 cm³/mol. The summed E-state index contributed by atoms with van der Waals surface area (Å²) in [6, 6.07) is 5.75. The lowest BCUT2D eigenvalue weighted by Crippen LogP contribution is -2.26. The number of likely N-dealkylation sites (N-methyl/N-ethyl adjacent to an activating group) is 1. The molecule has 0 fully saturated rings. The summed E-state index contributed by atoms with van der Waals surface area (Å²) in [5.41, 5.74) is 1.88. The van der Waals surface area contributed by atoms with Crippen molar-refractivity contribution < 1.29 is 9.90 Å². The van der Waals surface area contributed by atoms with E-state index in [1.807, 2.05) is 44.1 Å². The minimum absolute atomic E-state index is 0.479. The zero-order valence-electron chi connectivity index (χ0n) is 9.70. The zero-order chi connectivity index (χ0) is 12.3. The van der Waals surface area contributed by atoms with E-state index in [1.165, 1.54) is 0 Å². The van der Waals surface area contributed by atoms with Crippen molar-refractivity contribution in [2.45, 2.75) is 12.8 Å². The second-order valence-electron chi connectivity index (χ2n) is 4.15. The molecule has 1 N–H and O–H groups in total. The summed E-state index contributed by atoms with van der Waals surface area (Å²) in [5.74, 6) is -1.26. The lowest BCUT2D eigenvalue weighted by atomic mass is 9.94. The highest BCUT2D eigenvalue weighted by Gasteiger charge is 2.22. The topological polar surface area (TPSA) is 40.5 Å². The van der Waals surface area contributed by atoms with Crippen molar-refractivity contribution in [2.24, 2.45) is 0 Å². The largest absolute Gasteiger partial charge is 0.481 e. The van der Waals surface area contributed by atoms with Crippen LogP contribution in [0.5, 0.6) is 0 Å². The molecule has 1 rings (SSSR count). The van der Waals surface area contributed by atoms with Crippen LogP contribution in [0.2, 0.25) is 0 Å². The summed E-state index contributed by atoms with van der Waals surface area (Å²) < 4.78 is 0.915. The number of halogens is 1. The van der Waals surface area contributed by atoms with Crippen LogP contribution in [-0.2, 0) is 4.79 Å². The fourth-order valence-corrected chi connectivity index (χ4v) is 2.04. The molecule has 3 nitrogen and oxygen atoms in total. The molecule has 0 aliphatic rings. The van der Waals surface area contributed by atoms with Crippen LogP contribution in [0, 0.1) is 6.92 Å². The maximum atomic E-state index is 11.3. The van der Waals surface area contributed by atoms with E-state index in [-0.39, 0.29) is 0 Å². The highest BCUT2D eigenvalue weighted by molar-refractivity contribution is 9.10. The number of carbonyl (C=O) groups is 1. The van der Waals surface area contributed by atoms with Crippen LogP contribution < -0.4 is 0 Å². The van der Waals surface area contributed by atoms with Crippen LogP contribution in [-0.4, -0.2) is 36.6 Å². The molecule has 0 bridgehead atoms. The molecule has 0 spiro atoms. The molecule has 0 amide bonds. The second-order valence-corrected chi connectivity index (χ2v) is 5.07. The molecule has 1 atom stereocenters. The van der Waals surface area contributed by atoms with E-state index in [9.17, 15) is 9.90 Å². The van der Waals surface area contributed by atoms with Crippen LogP contribution in [0.15, 0.2) is 22.7 Å². The van der Waals surface area contributed by atoms with Crippen LogP contribution in [0.1, 0.15) is 17.0 Å². The second kappa shape index (κ2) is 5.46. The van der Waals surface area contributed by atoms with Crippen LogP contribution >= 0.6 is 15.9 Å². The van der Waals surface area contributed by atoms with Crippen molar-refractivity contribution in [1.29, 1.82) is 0 Å². The summed E-state index contributed by atoms with van der Waals surface area (Å²) in [5, 5.41) is 9.25. The van der Waals surface area contributed by atoms with Crippen molar-refractivity contribution in [3.05, 3.63) is 33.8 Å². The van der Waals surface area contributed by atoms with Gasteiger partial charge in [0.1, 0.15) is 0 Å². The van der Waals surface area contributed by atoms with Gasteiger partial charge in [0.2, 0.25) is 0 Å². The first-order chi connectivity index (χ1) is 7.41. The molecule has 0 saturated carbocycles. The Morgan fingerprint density at radius 3 is 2.62 bits per heavy atom. The van der Waals surface area contributed by atoms with Crippen molar-refractivity contribution in [3.8, 4) is 0 Å². The van der Waals surface area contributed by atoms with E-state index in [0.29, 0.717) is 6.54 Å². The fourth-order valence-electron chi connectivity index (χ4n) is 1.66. The number of rotatable bonds is 4. The molecule has 88 valence electrons. The minimum atomic E-state index is -0.782. The Bertz CT molecular complexity index is 391. The standard InChI is InChI=1S/C12H16BrNO2/c1-8-4-5-9(13)6-10(8)11(12(15)16)7-14(2)3/h4-6,11H,7H2,1-3H3,(H,15,16). The van der Waals surface area contributed by atoms with Gasteiger partial charge in [-0.05, 0) is 44.3 Å². The van der Waals surface area contributed by atoms with E-state index in [1.54, 1.807) is 0 Å². The molecule has 1 aromatic carbocycles. The third-order valence-corrected chi connectivity index (χ3v) is 2.96. The first-order valence-electron chi connectivity index (χ1n) is 5.05. The predicted octanol–water partition coefficient (Wildman–Crippen LogP) is 2.49. The Hall–Kier alpha value is -0.870. The van der Waals surface area contributed by atoms with Gasteiger partial charge in [-0.3, -0.25) is 4.79 Å². The molecular formula is C12H16BrNO2. The molecule has 0 saturated heterocycles. The number of nitrogens with zero attached hydrogens (tertiary/aromatic N) is 1. The van der Waals surface area contributed by atoms with Gasteiger partial charge in [-0.25, -0.2) is 0 Å². The molecule has 1 aromatic rings. The van der Waals surface area contributed by atoms with E-state index < -0.39 is 11.9 Å². The summed E-state index contributed by atoms with van der Waals surface area (Å²) in [6.07, 6.45) is 0. The minimum Gasteiger partial charge on any atom is -0.481 e. The van der Waals surface area contributed by atoms with Crippen molar-refractivity contribution in [3.63, 3.8) is 0 Å². The van der Waals surface area contributed by atoms with Crippen molar-refractivity contribution in [2.75, 3.05) is 20.6 Å². The maximum Gasteiger partial charge on any atom is 0.312 e. The van der Waals surface area contributed by atoms with Gasteiger partial charge in [-0.15, -0.1) is 0 Å². The molecule has 0 radical (unpaired) electrons. The summed E-state index contributed by atoms with van der Waals surface area (Å²) >= 11 is 3.37. The monoisotopic (exact) mass is 285 g/mol. The molecule has 16 heavy (non-hydrogen) atoms. The Morgan fingerprint density at radius 2 is 2.12 bits per heavy atom. The maximum absolute atomic E-state index is 11.3. The summed E-state index contributed by atoms with van der Waals surface area (Å²) in [7, 11) is 3.76. The lowest BCUT2D eigenvalue weighted by molar-refractivity contribution is -0.139. The summed E-state index contributed by atoms with van der Waals surface area (Å²) in [4.78, 5) is 13.1. The van der Waals surface area contributed by atoms with Crippen molar-refractivity contribution >= 4 is 21.9 Å². The fraction of sp³-hybridized carbons (Fsp3) is 0.417. The molecule has 0 aliphatic heterocycles. The van der Waals surface area contributed by atoms with Gasteiger partial charge in [0.15, 0.2) is 0 Å². The first kappa shape index (κ1) is 13.2. The first-order valence-corrected chi connectivity index (χ1v) is 5.84.